The number of hydrogen-bond acceptors (Lipinski definition) is 5. The Morgan fingerprint density at radius 2 is 2.05 bits per heavy atom. The van der Waals surface area contributed by atoms with E-state index in [9.17, 15) is 4.79 Å². The number of halogens is 2. The number of Topliss-reactive ketones (excluding diaryl/α,β-unsaturated/α-hetero) is 1. The minimum atomic E-state index is -0.487. The summed E-state index contributed by atoms with van der Waals surface area (Å²) in [5.74, 6) is -0.288. The zero-order valence-corrected chi connectivity index (χ0v) is 13.0. The van der Waals surface area contributed by atoms with Crippen molar-refractivity contribution < 1.29 is 4.79 Å². The van der Waals surface area contributed by atoms with Crippen molar-refractivity contribution in [2.45, 2.75) is 6.92 Å². The molecule has 0 bridgehead atoms. The number of carbonyl (C=O) groups is 1. The molecule has 0 amide bonds. The number of nitrogens with one attached hydrogen (secondary N) is 1. The number of nitriles is 1. The molecule has 0 radical (unpaired) electrons. The summed E-state index contributed by atoms with van der Waals surface area (Å²) in [5.41, 5.74) is 0.795. The van der Waals surface area contributed by atoms with E-state index in [1.807, 2.05) is 6.07 Å². The van der Waals surface area contributed by atoms with Crippen LogP contribution in [0.2, 0.25) is 10.2 Å². The molecule has 0 fully saturated rings. The van der Waals surface area contributed by atoms with Gasteiger partial charge in [-0.15, -0.1) is 0 Å². The van der Waals surface area contributed by atoms with Gasteiger partial charge in [-0.2, -0.15) is 5.26 Å². The molecule has 110 valence electrons. The molecule has 7 heteroatoms. The van der Waals surface area contributed by atoms with Crippen LogP contribution in [0.1, 0.15) is 16.1 Å². The number of rotatable bonds is 4. The van der Waals surface area contributed by atoms with Gasteiger partial charge in [-0.1, -0.05) is 35.3 Å². The molecule has 1 heterocycles. The highest BCUT2D eigenvalue weighted by Crippen LogP contribution is 2.18. The van der Waals surface area contributed by atoms with Crippen LogP contribution in [0.3, 0.4) is 0 Å². The van der Waals surface area contributed by atoms with E-state index in [4.69, 9.17) is 28.5 Å². The van der Waals surface area contributed by atoms with E-state index < -0.39 is 5.78 Å². The highest BCUT2D eigenvalue weighted by molar-refractivity contribution is 6.35. The van der Waals surface area contributed by atoms with Crippen molar-refractivity contribution in [2.24, 2.45) is 0 Å². The maximum atomic E-state index is 12.3. The Bertz CT molecular complexity index is 776. The van der Waals surface area contributed by atoms with E-state index in [0.717, 1.165) is 0 Å². The molecule has 0 unspecified atom stereocenters. The summed E-state index contributed by atoms with van der Waals surface area (Å²) in [6, 6.07) is 9.93. The normalized spacial score (nSPS) is 10.9. The number of anilines is 1. The van der Waals surface area contributed by atoms with E-state index in [-0.39, 0.29) is 27.3 Å². The average Bonchev–Trinajstić information content (AvgIpc) is 2.47. The largest absolute Gasteiger partial charge is 0.329 e. The van der Waals surface area contributed by atoms with Crippen LogP contribution in [0, 0.1) is 18.3 Å². The maximum absolute atomic E-state index is 12.3. The molecular formula is C15H10Cl2N4O. The second-order valence-corrected chi connectivity index (χ2v) is 5.07. The lowest BCUT2D eigenvalue weighted by Crippen LogP contribution is -2.06. The van der Waals surface area contributed by atoms with Crippen LogP contribution in [0.5, 0.6) is 0 Å². The van der Waals surface area contributed by atoms with E-state index >= 15 is 0 Å². The minimum absolute atomic E-state index is 0.116. The molecule has 0 saturated heterocycles. The van der Waals surface area contributed by atoms with Crippen molar-refractivity contribution in [2.75, 3.05) is 5.32 Å². The van der Waals surface area contributed by atoms with Gasteiger partial charge in [0.2, 0.25) is 11.7 Å². The van der Waals surface area contributed by atoms with Gasteiger partial charge in [0.05, 0.1) is 5.02 Å². The summed E-state index contributed by atoms with van der Waals surface area (Å²) < 4.78 is 0. The Balaban J connectivity index is 2.26. The third kappa shape index (κ3) is 3.82. The number of carbonyl (C=O) groups excluding carboxylic acids is 1. The first kappa shape index (κ1) is 16.0. The van der Waals surface area contributed by atoms with Gasteiger partial charge >= 0.3 is 0 Å². The third-order valence-corrected chi connectivity index (χ3v) is 3.18. The Hall–Kier alpha value is -2.42. The smallest absolute Gasteiger partial charge is 0.228 e. The van der Waals surface area contributed by atoms with E-state index in [0.29, 0.717) is 5.69 Å². The lowest BCUT2D eigenvalue weighted by molar-refractivity contribution is 0.103. The summed E-state index contributed by atoms with van der Waals surface area (Å²) in [7, 11) is 0. The number of nitrogens with zero attached hydrogens (tertiary/aromatic N) is 3. The predicted octanol–water partition coefficient (Wildman–Crippen LogP) is 3.79. The fraction of sp³-hybridized carbons (Fsp3) is 0.0667. The number of ketones is 1. The fourth-order valence-electron chi connectivity index (χ4n) is 1.67. The van der Waals surface area contributed by atoms with Gasteiger partial charge < -0.3 is 5.32 Å². The minimum Gasteiger partial charge on any atom is -0.329 e. The molecule has 0 saturated carbocycles. The molecule has 1 N–H and O–H groups in total. The van der Waals surface area contributed by atoms with Gasteiger partial charge in [0.1, 0.15) is 16.8 Å². The summed E-state index contributed by atoms with van der Waals surface area (Å²) >= 11 is 11.8. The van der Waals surface area contributed by atoms with Gasteiger partial charge in [-0.3, -0.25) is 4.79 Å². The van der Waals surface area contributed by atoms with E-state index in [1.54, 1.807) is 37.3 Å². The van der Waals surface area contributed by atoms with Crippen LogP contribution >= 0.6 is 23.2 Å². The number of hydrogen-bond donors (Lipinski definition) is 1. The molecule has 0 aliphatic rings. The molecule has 22 heavy (non-hydrogen) atoms. The first-order chi connectivity index (χ1) is 10.5. The van der Waals surface area contributed by atoms with Crippen molar-refractivity contribution in [1.29, 1.82) is 5.26 Å². The zero-order valence-electron chi connectivity index (χ0n) is 11.5. The Labute approximate surface area is 137 Å². The van der Waals surface area contributed by atoms with Crippen LogP contribution in [0.4, 0.5) is 5.95 Å². The monoisotopic (exact) mass is 332 g/mol. The molecule has 5 nitrogen and oxygen atoms in total. The molecule has 1 aromatic carbocycles. The molecule has 0 aliphatic heterocycles. The molecular weight excluding hydrogens is 323 g/mol. The standard InChI is InChI=1S/C15H10Cl2N4O/c1-9-6-13(17)21-15(20-9)19-8-10(7-18)14(22)11-4-2-3-5-12(11)16/h2-6,8H,1H3,(H,19,20,21). The van der Waals surface area contributed by atoms with Gasteiger partial charge in [0.25, 0.3) is 0 Å². The van der Waals surface area contributed by atoms with Crippen LogP contribution < -0.4 is 5.32 Å². The van der Waals surface area contributed by atoms with Crippen molar-refractivity contribution in [3.8, 4) is 6.07 Å². The highest BCUT2D eigenvalue weighted by atomic mass is 35.5. The topological polar surface area (TPSA) is 78.7 Å². The zero-order chi connectivity index (χ0) is 16.1. The maximum Gasteiger partial charge on any atom is 0.228 e. The van der Waals surface area contributed by atoms with Crippen LogP contribution in [-0.4, -0.2) is 15.8 Å². The van der Waals surface area contributed by atoms with Crippen molar-refractivity contribution in [3.63, 3.8) is 0 Å². The van der Waals surface area contributed by atoms with Gasteiger partial charge in [0.15, 0.2) is 0 Å². The highest BCUT2D eigenvalue weighted by Gasteiger charge is 2.15. The lowest BCUT2D eigenvalue weighted by atomic mass is 10.1. The Morgan fingerprint density at radius 3 is 2.68 bits per heavy atom. The molecule has 2 aromatic rings. The lowest BCUT2D eigenvalue weighted by Gasteiger charge is -2.04. The SMILES string of the molecule is Cc1cc(Cl)nc(NC=C(C#N)C(=O)c2ccccc2Cl)n1. The second kappa shape index (κ2) is 7.03. The molecule has 1 aromatic heterocycles. The first-order valence-electron chi connectivity index (χ1n) is 6.18. The van der Waals surface area contributed by atoms with Crippen LogP contribution in [0.15, 0.2) is 42.1 Å². The van der Waals surface area contributed by atoms with Gasteiger partial charge in [-0.05, 0) is 25.1 Å². The average molecular weight is 333 g/mol. The fourth-order valence-corrected chi connectivity index (χ4v) is 2.13. The summed E-state index contributed by atoms with van der Waals surface area (Å²) in [6.45, 7) is 1.75. The second-order valence-electron chi connectivity index (χ2n) is 4.28. The predicted molar refractivity (Wildman–Crippen MR) is 84.9 cm³/mol. The summed E-state index contributed by atoms with van der Waals surface area (Å²) in [5, 5.41) is 12.4. The number of aryl methyl sites for hydroxylation is 1. The van der Waals surface area contributed by atoms with Gasteiger partial charge in [0, 0.05) is 17.5 Å². The number of aromatic nitrogens is 2. The molecule has 0 atom stereocenters. The molecule has 2 rings (SSSR count). The summed E-state index contributed by atoms with van der Waals surface area (Å²) in [4.78, 5) is 20.3. The van der Waals surface area contributed by atoms with E-state index in [2.05, 4.69) is 15.3 Å². The first-order valence-corrected chi connectivity index (χ1v) is 6.94. The van der Waals surface area contributed by atoms with Crippen LogP contribution in [0.25, 0.3) is 0 Å². The molecule has 0 aliphatic carbocycles. The number of benzene rings is 1. The Morgan fingerprint density at radius 1 is 1.32 bits per heavy atom. The quantitative estimate of drug-likeness (QED) is 0.398. The van der Waals surface area contributed by atoms with Crippen molar-refractivity contribution >= 4 is 34.9 Å². The van der Waals surface area contributed by atoms with E-state index in [1.165, 1.54) is 6.20 Å². The Kier molecular flexibility index (Phi) is 5.10. The third-order valence-electron chi connectivity index (χ3n) is 2.65. The van der Waals surface area contributed by atoms with Crippen molar-refractivity contribution in [3.05, 3.63) is 63.5 Å². The summed E-state index contributed by atoms with van der Waals surface area (Å²) in [6.07, 6.45) is 1.23. The molecule has 0 spiro atoms. The number of allylic oxidation sites excluding steroid dienone is 1. The van der Waals surface area contributed by atoms with Crippen LogP contribution in [-0.2, 0) is 0 Å². The van der Waals surface area contributed by atoms with Gasteiger partial charge in [-0.25, -0.2) is 9.97 Å². The van der Waals surface area contributed by atoms with Crippen molar-refractivity contribution in [1.82, 2.24) is 9.97 Å².